The minimum Gasteiger partial charge on any atom is -0.375 e. The lowest BCUT2D eigenvalue weighted by Crippen LogP contribution is -2.41. The van der Waals surface area contributed by atoms with Gasteiger partial charge in [0.1, 0.15) is 0 Å². The monoisotopic (exact) mass is 242 g/mol. The zero-order valence-corrected chi connectivity index (χ0v) is 12.3. The Morgan fingerprint density at radius 1 is 1.00 bits per heavy atom. The molecule has 2 N–H and O–H groups in total. The largest absolute Gasteiger partial charge is 0.375 e. The molecular formula is C14H30N2O. The molecule has 0 aromatic carbocycles. The van der Waals surface area contributed by atoms with E-state index in [-0.39, 0.29) is 5.54 Å². The van der Waals surface area contributed by atoms with E-state index in [1.165, 1.54) is 0 Å². The van der Waals surface area contributed by atoms with E-state index in [1.807, 2.05) is 0 Å². The highest BCUT2D eigenvalue weighted by Crippen LogP contribution is 2.31. The molecular weight excluding hydrogens is 212 g/mol. The SMILES string of the molecule is CC1OC(C)C(CNCCNC(C)(C)C)C1C. The Labute approximate surface area is 107 Å². The quantitative estimate of drug-likeness (QED) is 0.724. The maximum absolute atomic E-state index is 5.84. The van der Waals surface area contributed by atoms with Crippen molar-refractivity contribution >= 4 is 0 Å². The molecule has 1 aliphatic rings. The zero-order valence-electron chi connectivity index (χ0n) is 12.3. The van der Waals surface area contributed by atoms with E-state index in [2.05, 4.69) is 52.2 Å². The third-order valence-electron chi connectivity index (χ3n) is 3.79. The summed E-state index contributed by atoms with van der Waals surface area (Å²) in [6.45, 7) is 16.4. The normalized spacial score (nSPS) is 34.2. The molecule has 17 heavy (non-hydrogen) atoms. The molecule has 1 heterocycles. The van der Waals surface area contributed by atoms with Crippen LogP contribution in [-0.4, -0.2) is 37.4 Å². The average Bonchev–Trinajstić information content (AvgIpc) is 2.42. The van der Waals surface area contributed by atoms with Crippen molar-refractivity contribution in [2.45, 2.75) is 59.3 Å². The fourth-order valence-corrected chi connectivity index (χ4v) is 2.49. The summed E-state index contributed by atoms with van der Waals surface area (Å²) in [6, 6.07) is 0. The van der Waals surface area contributed by atoms with Gasteiger partial charge in [-0.05, 0) is 40.5 Å². The molecule has 0 aromatic rings. The highest BCUT2D eigenvalue weighted by atomic mass is 16.5. The smallest absolute Gasteiger partial charge is 0.0594 e. The molecule has 0 aliphatic carbocycles. The summed E-state index contributed by atoms with van der Waals surface area (Å²) in [6.07, 6.45) is 0.799. The fourth-order valence-electron chi connectivity index (χ4n) is 2.49. The van der Waals surface area contributed by atoms with Gasteiger partial charge in [-0.3, -0.25) is 0 Å². The molecule has 3 heteroatoms. The van der Waals surface area contributed by atoms with Crippen LogP contribution in [0.15, 0.2) is 0 Å². The predicted octanol–water partition coefficient (Wildman–Crippen LogP) is 2.02. The summed E-state index contributed by atoms with van der Waals surface area (Å²) >= 11 is 0. The van der Waals surface area contributed by atoms with Crippen LogP contribution in [0.3, 0.4) is 0 Å². The molecule has 1 aliphatic heterocycles. The molecule has 3 nitrogen and oxygen atoms in total. The lowest BCUT2D eigenvalue weighted by atomic mass is 9.89. The van der Waals surface area contributed by atoms with Crippen LogP contribution in [0.25, 0.3) is 0 Å². The van der Waals surface area contributed by atoms with Crippen molar-refractivity contribution in [3.8, 4) is 0 Å². The van der Waals surface area contributed by atoms with Crippen molar-refractivity contribution in [2.24, 2.45) is 11.8 Å². The van der Waals surface area contributed by atoms with Gasteiger partial charge in [-0.25, -0.2) is 0 Å². The topological polar surface area (TPSA) is 33.3 Å². The van der Waals surface area contributed by atoms with Gasteiger partial charge in [-0.1, -0.05) is 6.92 Å². The van der Waals surface area contributed by atoms with Crippen molar-refractivity contribution in [1.82, 2.24) is 10.6 Å². The van der Waals surface area contributed by atoms with E-state index in [4.69, 9.17) is 4.74 Å². The molecule has 102 valence electrons. The summed E-state index contributed by atoms with van der Waals surface area (Å²) in [5.41, 5.74) is 0.216. The van der Waals surface area contributed by atoms with Crippen LogP contribution in [0, 0.1) is 11.8 Å². The average molecular weight is 242 g/mol. The molecule has 0 bridgehead atoms. The van der Waals surface area contributed by atoms with E-state index >= 15 is 0 Å². The maximum atomic E-state index is 5.84. The Morgan fingerprint density at radius 2 is 1.65 bits per heavy atom. The standard InChI is InChI=1S/C14H30N2O/c1-10-11(2)17-12(3)13(10)9-15-7-8-16-14(4,5)6/h10-13,15-16H,7-9H2,1-6H3. The summed E-state index contributed by atoms with van der Waals surface area (Å²) in [5, 5.41) is 7.02. The number of hydrogen-bond acceptors (Lipinski definition) is 3. The van der Waals surface area contributed by atoms with Crippen LogP contribution >= 0.6 is 0 Å². The van der Waals surface area contributed by atoms with Crippen LogP contribution in [0.5, 0.6) is 0 Å². The fraction of sp³-hybridized carbons (Fsp3) is 1.00. The first-order valence-corrected chi connectivity index (χ1v) is 6.92. The molecule has 1 rings (SSSR count). The van der Waals surface area contributed by atoms with Gasteiger partial charge in [0.2, 0.25) is 0 Å². The minimum atomic E-state index is 0.216. The first-order chi connectivity index (χ1) is 7.81. The zero-order chi connectivity index (χ0) is 13.1. The van der Waals surface area contributed by atoms with Crippen LogP contribution in [0.2, 0.25) is 0 Å². The van der Waals surface area contributed by atoms with Gasteiger partial charge in [0, 0.05) is 31.1 Å². The van der Waals surface area contributed by atoms with E-state index in [1.54, 1.807) is 0 Å². The highest BCUT2D eigenvalue weighted by molar-refractivity contribution is 4.85. The number of hydrogen-bond donors (Lipinski definition) is 2. The van der Waals surface area contributed by atoms with Crippen LogP contribution in [-0.2, 0) is 4.74 Å². The van der Waals surface area contributed by atoms with Gasteiger partial charge in [0.05, 0.1) is 12.2 Å². The van der Waals surface area contributed by atoms with Crippen LogP contribution in [0.4, 0.5) is 0 Å². The van der Waals surface area contributed by atoms with Crippen molar-refractivity contribution in [2.75, 3.05) is 19.6 Å². The van der Waals surface area contributed by atoms with E-state index in [0.29, 0.717) is 24.0 Å². The van der Waals surface area contributed by atoms with Gasteiger partial charge in [-0.15, -0.1) is 0 Å². The minimum absolute atomic E-state index is 0.216. The van der Waals surface area contributed by atoms with Gasteiger partial charge < -0.3 is 15.4 Å². The Balaban J connectivity index is 2.14. The molecule has 0 radical (unpaired) electrons. The molecule has 1 fully saturated rings. The Hall–Kier alpha value is -0.120. The molecule has 1 saturated heterocycles. The highest BCUT2D eigenvalue weighted by Gasteiger charge is 2.36. The molecule has 0 spiro atoms. The third-order valence-corrected chi connectivity index (χ3v) is 3.79. The summed E-state index contributed by atoms with van der Waals surface area (Å²) < 4.78 is 5.84. The van der Waals surface area contributed by atoms with Crippen molar-refractivity contribution in [3.05, 3.63) is 0 Å². The lowest BCUT2D eigenvalue weighted by molar-refractivity contribution is 0.0511. The van der Waals surface area contributed by atoms with Crippen LogP contribution in [0.1, 0.15) is 41.5 Å². The van der Waals surface area contributed by atoms with Gasteiger partial charge in [-0.2, -0.15) is 0 Å². The van der Waals surface area contributed by atoms with Gasteiger partial charge in [0.25, 0.3) is 0 Å². The van der Waals surface area contributed by atoms with Crippen molar-refractivity contribution in [3.63, 3.8) is 0 Å². The van der Waals surface area contributed by atoms with E-state index in [0.717, 1.165) is 19.6 Å². The Kier molecular flexibility index (Phi) is 5.42. The first kappa shape index (κ1) is 14.9. The summed E-state index contributed by atoms with van der Waals surface area (Å²) in [7, 11) is 0. The Morgan fingerprint density at radius 3 is 2.12 bits per heavy atom. The number of nitrogens with one attached hydrogen (secondary N) is 2. The maximum Gasteiger partial charge on any atom is 0.0594 e. The molecule has 0 aromatic heterocycles. The molecule has 4 unspecified atom stereocenters. The summed E-state index contributed by atoms with van der Waals surface area (Å²) in [4.78, 5) is 0. The third kappa shape index (κ3) is 4.94. The summed E-state index contributed by atoms with van der Waals surface area (Å²) in [5.74, 6) is 1.31. The number of ether oxygens (including phenoxy) is 1. The van der Waals surface area contributed by atoms with Gasteiger partial charge >= 0.3 is 0 Å². The van der Waals surface area contributed by atoms with Crippen LogP contribution < -0.4 is 10.6 Å². The second-order valence-corrected chi connectivity index (χ2v) is 6.45. The van der Waals surface area contributed by atoms with E-state index in [9.17, 15) is 0 Å². The lowest BCUT2D eigenvalue weighted by Gasteiger charge is -2.22. The second kappa shape index (κ2) is 6.17. The van der Waals surface area contributed by atoms with Crippen molar-refractivity contribution in [1.29, 1.82) is 0 Å². The molecule has 4 atom stereocenters. The van der Waals surface area contributed by atoms with Crippen molar-refractivity contribution < 1.29 is 4.74 Å². The van der Waals surface area contributed by atoms with E-state index < -0.39 is 0 Å². The first-order valence-electron chi connectivity index (χ1n) is 6.92. The number of rotatable bonds is 5. The predicted molar refractivity (Wildman–Crippen MR) is 73.3 cm³/mol. The second-order valence-electron chi connectivity index (χ2n) is 6.45. The molecule has 0 amide bonds. The Bertz CT molecular complexity index is 225. The van der Waals surface area contributed by atoms with Gasteiger partial charge in [0.15, 0.2) is 0 Å². The molecule has 0 saturated carbocycles.